The zero-order valence-electron chi connectivity index (χ0n) is 7.89. The van der Waals surface area contributed by atoms with E-state index >= 15 is 0 Å². The normalized spacial score (nSPS) is 16.2. The zero-order chi connectivity index (χ0) is 13.2. The van der Waals surface area contributed by atoms with Crippen molar-refractivity contribution in [2.45, 2.75) is 22.4 Å². The molecule has 0 radical (unpaired) electrons. The van der Waals surface area contributed by atoms with Crippen LogP contribution in [0.15, 0.2) is 0 Å². The topological polar surface area (TPSA) is 43.4 Å². The number of rotatable bonds is 5. The first kappa shape index (κ1) is 16.3. The maximum absolute atomic E-state index is 12.5. The molecule has 0 amide bonds. The molecule has 1 atom stereocenters. The molecule has 0 N–H and O–H groups in total. The van der Waals surface area contributed by atoms with E-state index in [0.29, 0.717) is 6.26 Å². The van der Waals surface area contributed by atoms with E-state index in [0.717, 1.165) is 0 Å². The second-order valence-corrected chi connectivity index (χ2v) is 6.40. The fourth-order valence-electron chi connectivity index (χ4n) is 0.650. The van der Waals surface area contributed by atoms with E-state index in [1.807, 2.05) is 0 Å². The van der Waals surface area contributed by atoms with E-state index < -0.39 is 39.2 Å². The highest BCUT2D eigenvalue weighted by Gasteiger charge is 2.57. The van der Waals surface area contributed by atoms with Gasteiger partial charge in [-0.25, -0.2) is 0 Å². The van der Waals surface area contributed by atoms with Gasteiger partial charge in [-0.1, -0.05) is 22.6 Å². The van der Waals surface area contributed by atoms with E-state index in [-0.39, 0.29) is 0 Å². The molecule has 0 aliphatic heterocycles. The Morgan fingerprint density at radius 3 is 2.00 bits per heavy atom. The number of hydrogen-bond donors (Lipinski definition) is 0. The Morgan fingerprint density at radius 1 is 1.25 bits per heavy atom. The van der Waals surface area contributed by atoms with E-state index in [9.17, 15) is 30.4 Å². The van der Waals surface area contributed by atoms with Crippen molar-refractivity contribution in [3.05, 3.63) is 0 Å². The standard InChI is InChI=1S/C6H8F5IO3S/c1-16(13,14)15-3-4(12)2-5(7,8)6(9,10)11/h4H,2-3H2,1H3. The van der Waals surface area contributed by atoms with Crippen LogP contribution in [-0.4, -0.2) is 37.3 Å². The fourth-order valence-corrected chi connectivity index (χ4v) is 2.04. The first-order chi connectivity index (χ1) is 6.85. The molecule has 0 aromatic heterocycles. The van der Waals surface area contributed by atoms with Crippen LogP contribution in [0.4, 0.5) is 22.0 Å². The molecule has 16 heavy (non-hydrogen) atoms. The molecule has 0 heterocycles. The van der Waals surface area contributed by atoms with Gasteiger partial charge in [0.2, 0.25) is 0 Å². The molecule has 0 rings (SSSR count). The summed E-state index contributed by atoms with van der Waals surface area (Å²) in [6, 6.07) is 0. The van der Waals surface area contributed by atoms with E-state index in [4.69, 9.17) is 0 Å². The second kappa shape index (κ2) is 5.29. The SMILES string of the molecule is CS(=O)(=O)OCC(I)CC(F)(F)C(F)(F)F. The summed E-state index contributed by atoms with van der Waals surface area (Å²) in [6.07, 6.45) is -6.48. The molecule has 3 nitrogen and oxygen atoms in total. The average molecular weight is 382 g/mol. The summed E-state index contributed by atoms with van der Waals surface area (Å²) in [5.74, 6) is -4.85. The minimum absolute atomic E-state index is 0.679. The number of halogens is 6. The van der Waals surface area contributed by atoms with Crippen molar-refractivity contribution in [2.75, 3.05) is 12.9 Å². The molecule has 0 aliphatic rings. The lowest BCUT2D eigenvalue weighted by Crippen LogP contribution is -2.39. The monoisotopic (exact) mass is 382 g/mol. The van der Waals surface area contributed by atoms with Gasteiger partial charge in [-0.2, -0.15) is 30.4 Å². The van der Waals surface area contributed by atoms with Crippen LogP contribution in [0, 0.1) is 0 Å². The Kier molecular flexibility index (Phi) is 5.39. The van der Waals surface area contributed by atoms with Gasteiger partial charge in [-0.3, -0.25) is 4.18 Å². The molecule has 0 spiro atoms. The summed E-state index contributed by atoms with van der Waals surface area (Å²) >= 11 is 1.28. The van der Waals surface area contributed by atoms with Crippen molar-refractivity contribution >= 4 is 32.7 Å². The van der Waals surface area contributed by atoms with Crippen molar-refractivity contribution in [1.82, 2.24) is 0 Å². The van der Waals surface area contributed by atoms with Gasteiger partial charge in [-0.05, 0) is 0 Å². The van der Waals surface area contributed by atoms with Gasteiger partial charge in [0.1, 0.15) is 0 Å². The van der Waals surface area contributed by atoms with Crippen molar-refractivity contribution in [3.8, 4) is 0 Å². The van der Waals surface area contributed by atoms with Gasteiger partial charge in [0.05, 0.1) is 12.9 Å². The maximum atomic E-state index is 12.5. The molecule has 0 saturated heterocycles. The van der Waals surface area contributed by atoms with Crippen LogP contribution in [0.5, 0.6) is 0 Å². The van der Waals surface area contributed by atoms with Gasteiger partial charge < -0.3 is 0 Å². The molecule has 0 bridgehead atoms. The molecule has 0 saturated carbocycles. The predicted molar refractivity (Wildman–Crippen MR) is 54.2 cm³/mol. The molecule has 10 heteroatoms. The first-order valence-electron chi connectivity index (χ1n) is 3.78. The summed E-state index contributed by atoms with van der Waals surface area (Å²) in [5, 5.41) is 0. The van der Waals surface area contributed by atoms with Crippen molar-refractivity contribution in [3.63, 3.8) is 0 Å². The summed E-state index contributed by atoms with van der Waals surface area (Å²) in [4.78, 5) is 0. The summed E-state index contributed by atoms with van der Waals surface area (Å²) in [7, 11) is -3.84. The Balaban J connectivity index is 4.31. The third-order valence-electron chi connectivity index (χ3n) is 1.36. The smallest absolute Gasteiger partial charge is 0.269 e. The highest BCUT2D eigenvalue weighted by molar-refractivity contribution is 14.1. The lowest BCUT2D eigenvalue weighted by Gasteiger charge is -2.21. The first-order valence-corrected chi connectivity index (χ1v) is 6.84. The van der Waals surface area contributed by atoms with Gasteiger partial charge in [-0.15, -0.1) is 0 Å². The Labute approximate surface area is 103 Å². The van der Waals surface area contributed by atoms with Gasteiger partial charge >= 0.3 is 12.1 Å². The highest BCUT2D eigenvalue weighted by atomic mass is 127. The van der Waals surface area contributed by atoms with Crippen LogP contribution in [0.1, 0.15) is 6.42 Å². The fraction of sp³-hybridized carbons (Fsp3) is 1.00. The third kappa shape index (κ3) is 6.13. The highest BCUT2D eigenvalue weighted by Crippen LogP contribution is 2.40. The largest absolute Gasteiger partial charge is 0.453 e. The molecule has 0 fully saturated rings. The maximum Gasteiger partial charge on any atom is 0.453 e. The quantitative estimate of drug-likeness (QED) is 0.318. The molecule has 1 unspecified atom stereocenters. The van der Waals surface area contributed by atoms with Crippen LogP contribution >= 0.6 is 22.6 Å². The van der Waals surface area contributed by atoms with Crippen LogP contribution in [-0.2, 0) is 14.3 Å². The number of alkyl halides is 6. The third-order valence-corrected chi connectivity index (χ3v) is 2.72. The second-order valence-electron chi connectivity index (χ2n) is 2.99. The van der Waals surface area contributed by atoms with Crippen molar-refractivity contribution < 1.29 is 34.6 Å². The van der Waals surface area contributed by atoms with E-state index in [1.54, 1.807) is 0 Å². The lowest BCUT2D eigenvalue weighted by atomic mass is 10.2. The minimum atomic E-state index is -5.64. The molecule has 0 aromatic rings. The Hall–Kier alpha value is 0.290. The Bertz CT molecular complexity index is 326. The minimum Gasteiger partial charge on any atom is -0.269 e. The van der Waals surface area contributed by atoms with Gasteiger partial charge in [0.15, 0.2) is 0 Å². The van der Waals surface area contributed by atoms with E-state index in [1.165, 1.54) is 22.6 Å². The summed E-state index contributed by atoms with van der Waals surface area (Å²) in [6.45, 7) is -0.717. The van der Waals surface area contributed by atoms with Crippen LogP contribution < -0.4 is 0 Å². The molecular weight excluding hydrogens is 374 g/mol. The molecular formula is C6H8F5IO3S. The predicted octanol–water partition coefficient (Wildman–Crippen LogP) is 2.35. The van der Waals surface area contributed by atoms with Crippen molar-refractivity contribution in [1.29, 1.82) is 0 Å². The van der Waals surface area contributed by atoms with Gasteiger partial charge in [0.25, 0.3) is 10.1 Å². The van der Waals surface area contributed by atoms with Crippen LogP contribution in [0.2, 0.25) is 0 Å². The summed E-state index contributed by atoms with van der Waals surface area (Å²) in [5.41, 5.74) is 0. The van der Waals surface area contributed by atoms with E-state index in [2.05, 4.69) is 4.18 Å². The molecule has 98 valence electrons. The van der Waals surface area contributed by atoms with Crippen LogP contribution in [0.25, 0.3) is 0 Å². The lowest BCUT2D eigenvalue weighted by molar-refractivity contribution is -0.284. The average Bonchev–Trinajstić information content (AvgIpc) is 1.96. The summed E-state index contributed by atoms with van der Waals surface area (Å²) < 4.78 is 84.0. The molecule has 0 aliphatic carbocycles. The zero-order valence-corrected chi connectivity index (χ0v) is 10.9. The Morgan fingerprint density at radius 2 is 1.69 bits per heavy atom. The molecule has 0 aromatic carbocycles. The van der Waals surface area contributed by atoms with Crippen molar-refractivity contribution in [2.24, 2.45) is 0 Å². The van der Waals surface area contributed by atoms with Gasteiger partial charge in [0, 0.05) is 10.3 Å². The number of hydrogen-bond acceptors (Lipinski definition) is 3. The van der Waals surface area contributed by atoms with Crippen LogP contribution in [0.3, 0.4) is 0 Å².